The van der Waals surface area contributed by atoms with Gasteiger partial charge in [0, 0.05) is 27.1 Å². The smallest absolute Gasteiger partial charge is 0.254 e. The van der Waals surface area contributed by atoms with Gasteiger partial charge in [0.1, 0.15) is 0 Å². The molecule has 0 bridgehead atoms. The van der Waals surface area contributed by atoms with Crippen molar-refractivity contribution in [3.05, 3.63) is 62.2 Å². The van der Waals surface area contributed by atoms with E-state index in [2.05, 4.69) is 22.5 Å². The number of hydrogen-bond donors (Lipinski definition) is 1. The molecule has 2 aromatic rings. The summed E-state index contributed by atoms with van der Waals surface area (Å²) in [6.45, 7) is 4.68. The molecule has 2 rings (SSSR count). The van der Waals surface area contributed by atoms with Crippen LogP contribution in [0.15, 0.2) is 47.5 Å². The highest BCUT2D eigenvalue weighted by Gasteiger charge is 2.16. The van der Waals surface area contributed by atoms with E-state index in [-0.39, 0.29) is 5.91 Å². The van der Waals surface area contributed by atoms with Gasteiger partial charge in [0.25, 0.3) is 5.91 Å². The van der Waals surface area contributed by atoms with Gasteiger partial charge < -0.3 is 10.6 Å². The second-order valence-corrected chi connectivity index (χ2v) is 7.07. The third-order valence-electron chi connectivity index (χ3n) is 2.86. The van der Waals surface area contributed by atoms with Crippen molar-refractivity contribution in [2.45, 2.75) is 6.54 Å². The Morgan fingerprint density at radius 1 is 1.43 bits per heavy atom. The van der Waals surface area contributed by atoms with Crippen LogP contribution in [0.1, 0.15) is 15.2 Å². The quantitative estimate of drug-likeness (QED) is 0.605. The van der Waals surface area contributed by atoms with Crippen molar-refractivity contribution in [1.29, 1.82) is 0 Å². The molecule has 0 aliphatic rings. The van der Waals surface area contributed by atoms with Crippen LogP contribution in [0.5, 0.6) is 0 Å². The monoisotopic (exact) mass is 384 g/mol. The molecule has 1 heterocycles. The summed E-state index contributed by atoms with van der Waals surface area (Å²) >= 11 is 10.7. The van der Waals surface area contributed by atoms with Crippen molar-refractivity contribution >= 4 is 50.5 Å². The van der Waals surface area contributed by atoms with Crippen LogP contribution >= 0.6 is 38.9 Å². The first-order valence-corrected chi connectivity index (χ1v) is 8.19. The van der Waals surface area contributed by atoms with Crippen molar-refractivity contribution in [2.24, 2.45) is 0 Å². The van der Waals surface area contributed by atoms with Gasteiger partial charge in [-0.05, 0) is 46.3 Å². The molecule has 0 aliphatic carbocycles. The zero-order valence-corrected chi connectivity index (χ0v) is 14.3. The highest BCUT2D eigenvalue weighted by molar-refractivity contribution is 9.10. The summed E-state index contributed by atoms with van der Waals surface area (Å²) in [7, 11) is 0. The second-order valence-electron chi connectivity index (χ2n) is 4.42. The fraction of sp³-hybridized carbons (Fsp3) is 0.133. The number of nitrogens with zero attached hydrogens (tertiary/aromatic N) is 1. The molecule has 0 aliphatic heterocycles. The van der Waals surface area contributed by atoms with Crippen LogP contribution in [0.4, 0.5) is 5.69 Å². The van der Waals surface area contributed by atoms with E-state index in [1.54, 1.807) is 29.2 Å². The normalized spacial score (nSPS) is 10.4. The molecule has 0 saturated carbocycles. The zero-order chi connectivity index (χ0) is 15.4. The second kappa shape index (κ2) is 7.11. The third-order valence-corrected chi connectivity index (χ3v) is 4.76. The topological polar surface area (TPSA) is 46.3 Å². The van der Waals surface area contributed by atoms with Crippen molar-refractivity contribution in [2.75, 3.05) is 12.3 Å². The molecule has 2 N–H and O–H groups in total. The fourth-order valence-corrected chi connectivity index (χ4v) is 3.32. The van der Waals surface area contributed by atoms with Crippen LogP contribution in [0.2, 0.25) is 4.34 Å². The van der Waals surface area contributed by atoms with Crippen LogP contribution in [-0.4, -0.2) is 17.4 Å². The molecule has 1 amide bonds. The predicted molar refractivity (Wildman–Crippen MR) is 92.8 cm³/mol. The number of hydrogen-bond acceptors (Lipinski definition) is 3. The number of rotatable bonds is 5. The SMILES string of the molecule is C=CCN(Cc1ccc(Cl)s1)C(=O)c1ccc(N)c(Br)c1. The van der Waals surface area contributed by atoms with Crippen LogP contribution in [0, 0.1) is 0 Å². The number of benzene rings is 1. The summed E-state index contributed by atoms with van der Waals surface area (Å²) < 4.78 is 1.43. The van der Waals surface area contributed by atoms with Crippen molar-refractivity contribution in [3.63, 3.8) is 0 Å². The molecule has 110 valence electrons. The van der Waals surface area contributed by atoms with Gasteiger partial charge in [-0.1, -0.05) is 17.7 Å². The number of amides is 1. The number of thiophene rings is 1. The molecular weight excluding hydrogens is 372 g/mol. The molecule has 0 fully saturated rings. The molecule has 0 atom stereocenters. The van der Waals surface area contributed by atoms with Gasteiger partial charge in [0.15, 0.2) is 0 Å². The maximum absolute atomic E-state index is 12.6. The molecule has 0 saturated heterocycles. The van der Waals surface area contributed by atoms with Gasteiger partial charge in [-0.15, -0.1) is 17.9 Å². The van der Waals surface area contributed by atoms with E-state index in [4.69, 9.17) is 17.3 Å². The van der Waals surface area contributed by atoms with Gasteiger partial charge in [-0.3, -0.25) is 4.79 Å². The summed E-state index contributed by atoms with van der Waals surface area (Å²) in [5, 5.41) is 0. The lowest BCUT2D eigenvalue weighted by Crippen LogP contribution is -2.30. The van der Waals surface area contributed by atoms with Crippen LogP contribution < -0.4 is 5.73 Å². The van der Waals surface area contributed by atoms with Gasteiger partial charge in [-0.25, -0.2) is 0 Å². The largest absolute Gasteiger partial charge is 0.398 e. The Labute approximate surface area is 141 Å². The Morgan fingerprint density at radius 3 is 2.76 bits per heavy atom. The number of nitrogen functional groups attached to an aromatic ring is 1. The van der Waals surface area contributed by atoms with Crippen LogP contribution in [0.25, 0.3) is 0 Å². The fourth-order valence-electron chi connectivity index (χ4n) is 1.84. The predicted octanol–water partition coefficient (Wildman–Crippen LogP) is 4.57. The zero-order valence-electron chi connectivity index (χ0n) is 11.2. The average molecular weight is 386 g/mol. The number of nitrogens with two attached hydrogens (primary N) is 1. The highest BCUT2D eigenvalue weighted by Crippen LogP contribution is 2.25. The Kier molecular flexibility index (Phi) is 5.45. The lowest BCUT2D eigenvalue weighted by Gasteiger charge is -2.20. The van der Waals surface area contributed by atoms with Gasteiger partial charge in [0.05, 0.1) is 10.9 Å². The van der Waals surface area contributed by atoms with E-state index in [1.165, 1.54) is 11.3 Å². The number of carbonyl (C=O) groups excluding carboxylic acids is 1. The summed E-state index contributed by atoms with van der Waals surface area (Å²) in [4.78, 5) is 15.3. The standard InChI is InChI=1S/C15H14BrClN2OS/c1-2-7-19(9-11-4-6-14(17)21-11)15(20)10-3-5-13(18)12(16)8-10/h2-6,8H,1,7,9,18H2. The maximum atomic E-state index is 12.6. The Hall–Kier alpha value is -1.30. The Balaban J connectivity index is 2.22. The molecule has 6 heteroatoms. The first-order valence-electron chi connectivity index (χ1n) is 6.20. The summed E-state index contributed by atoms with van der Waals surface area (Å²) in [5.74, 6) is -0.0693. The number of halogens is 2. The van der Waals surface area contributed by atoms with Gasteiger partial charge in [-0.2, -0.15) is 0 Å². The van der Waals surface area contributed by atoms with Crippen molar-refractivity contribution in [3.8, 4) is 0 Å². The average Bonchev–Trinajstić information content (AvgIpc) is 2.86. The lowest BCUT2D eigenvalue weighted by atomic mass is 10.2. The van der Waals surface area contributed by atoms with E-state index in [1.807, 2.05) is 12.1 Å². The summed E-state index contributed by atoms with van der Waals surface area (Å²) in [5.41, 5.74) is 6.94. The molecule has 0 radical (unpaired) electrons. The Bertz CT molecular complexity index is 671. The minimum Gasteiger partial charge on any atom is -0.398 e. The van der Waals surface area contributed by atoms with Crippen molar-refractivity contribution in [1.82, 2.24) is 4.90 Å². The highest BCUT2D eigenvalue weighted by atomic mass is 79.9. The van der Waals surface area contributed by atoms with Crippen LogP contribution in [0.3, 0.4) is 0 Å². The molecule has 3 nitrogen and oxygen atoms in total. The molecule has 0 spiro atoms. The molecule has 1 aromatic heterocycles. The molecule has 1 aromatic carbocycles. The number of anilines is 1. The Morgan fingerprint density at radius 2 is 2.19 bits per heavy atom. The van der Waals surface area contributed by atoms with E-state index in [0.29, 0.717) is 33.1 Å². The van der Waals surface area contributed by atoms with Gasteiger partial charge >= 0.3 is 0 Å². The number of carbonyl (C=O) groups is 1. The van der Waals surface area contributed by atoms with Crippen molar-refractivity contribution < 1.29 is 4.79 Å². The third kappa shape index (κ3) is 4.09. The molecule has 0 unspecified atom stereocenters. The first-order chi connectivity index (χ1) is 10.0. The van der Waals surface area contributed by atoms with E-state index < -0.39 is 0 Å². The minimum absolute atomic E-state index is 0.0693. The van der Waals surface area contributed by atoms with Crippen LogP contribution in [-0.2, 0) is 6.54 Å². The molecule has 21 heavy (non-hydrogen) atoms. The van der Waals surface area contributed by atoms with E-state index in [9.17, 15) is 4.79 Å². The summed E-state index contributed by atoms with van der Waals surface area (Å²) in [6, 6.07) is 8.92. The first kappa shape index (κ1) is 16.1. The maximum Gasteiger partial charge on any atom is 0.254 e. The lowest BCUT2D eigenvalue weighted by molar-refractivity contribution is 0.0764. The summed E-state index contributed by atoms with van der Waals surface area (Å²) in [6.07, 6.45) is 1.71. The van der Waals surface area contributed by atoms with E-state index in [0.717, 1.165) is 4.88 Å². The molecular formula is C15H14BrClN2OS. The van der Waals surface area contributed by atoms with Gasteiger partial charge in [0.2, 0.25) is 0 Å². The minimum atomic E-state index is -0.0693. The van der Waals surface area contributed by atoms with E-state index >= 15 is 0 Å².